The Morgan fingerprint density at radius 2 is 1.43 bits per heavy atom. The second kappa shape index (κ2) is 10.7. The molecule has 0 amide bonds. The Hall–Kier alpha value is -3.17. The number of anilines is 2. The van der Waals surface area contributed by atoms with Gasteiger partial charge in [0.15, 0.2) is 29.6 Å². The van der Waals surface area contributed by atoms with Crippen LogP contribution in [-0.2, 0) is 36.7 Å². The molecule has 44 heavy (non-hydrogen) atoms. The summed E-state index contributed by atoms with van der Waals surface area (Å²) in [6.45, 7) is -1.63. The molecule has 236 valence electrons. The highest BCUT2D eigenvalue weighted by Gasteiger charge is 2.52. The van der Waals surface area contributed by atoms with Crippen molar-refractivity contribution >= 4 is 49.5 Å². The van der Waals surface area contributed by atoms with Crippen molar-refractivity contribution in [2.45, 2.75) is 49.1 Å². The van der Waals surface area contributed by atoms with Crippen LogP contribution in [0.5, 0.6) is 0 Å². The molecule has 7 N–H and O–H groups in total. The van der Waals surface area contributed by atoms with Crippen molar-refractivity contribution in [3.63, 3.8) is 0 Å². The van der Waals surface area contributed by atoms with Gasteiger partial charge in [-0.25, -0.2) is 29.5 Å². The molecule has 2 unspecified atom stereocenters. The van der Waals surface area contributed by atoms with Gasteiger partial charge in [0.1, 0.15) is 54.0 Å². The lowest BCUT2D eigenvalue weighted by molar-refractivity contribution is -0.236. The lowest BCUT2D eigenvalue weighted by Crippen LogP contribution is -2.40. The Balaban J connectivity index is 1.17. The fourth-order valence-electron chi connectivity index (χ4n) is 5.32. The predicted octanol–water partition coefficient (Wildman–Crippen LogP) is -1.66. The zero-order valence-electron chi connectivity index (χ0n) is 22.1. The molecule has 0 saturated carbocycles. The Morgan fingerprint density at radius 3 is 2.11 bits per heavy atom. The Kier molecular flexibility index (Phi) is 7.20. The maximum atomic E-state index is 13.1. The van der Waals surface area contributed by atoms with Gasteiger partial charge in [-0.3, -0.25) is 22.7 Å². The fraction of sp³-hybridized carbons (Fsp3) is 0.476. The number of phosphoric ester groups is 2. The number of nitrogens with two attached hydrogens (primary N) is 2. The quantitative estimate of drug-likeness (QED) is 0.151. The third kappa shape index (κ3) is 5.06. The van der Waals surface area contributed by atoms with E-state index in [2.05, 4.69) is 24.9 Å². The Morgan fingerprint density at radius 1 is 0.841 bits per heavy atom. The van der Waals surface area contributed by atoms with Crippen LogP contribution in [0, 0.1) is 0 Å². The predicted molar refractivity (Wildman–Crippen MR) is 141 cm³/mol. The molecule has 0 spiro atoms. The molecule has 7 heterocycles. The molecule has 3 aliphatic rings. The van der Waals surface area contributed by atoms with Gasteiger partial charge in [0.25, 0.3) is 7.82 Å². The van der Waals surface area contributed by atoms with E-state index < -0.39 is 77.9 Å². The summed E-state index contributed by atoms with van der Waals surface area (Å²) >= 11 is 0. The number of phosphoric acid groups is 2. The largest absolute Gasteiger partial charge is 0.756 e. The van der Waals surface area contributed by atoms with E-state index >= 15 is 0 Å². The van der Waals surface area contributed by atoms with Gasteiger partial charge in [0, 0.05) is 6.20 Å². The van der Waals surface area contributed by atoms with Gasteiger partial charge in [-0.2, -0.15) is 0 Å². The fourth-order valence-corrected chi connectivity index (χ4v) is 7.23. The Bertz CT molecular complexity index is 1690. The number of rotatable bonds is 2. The highest BCUT2D eigenvalue weighted by molar-refractivity contribution is 7.47. The normalized spacial score (nSPS) is 38.3. The zero-order valence-corrected chi connectivity index (χ0v) is 23.9. The van der Waals surface area contributed by atoms with Gasteiger partial charge in [-0.1, -0.05) is 0 Å². The summed E-state index contributed by atoms with van der Waals surface area (Å²) in [5.41, 5.74) is 12.9. The molecule has 4 aromatic heterocycles. The van der Waals surface area contributed by atoms with E-state index in [1.807, 2.05) is 0 Å². The Labute approximate surface area is 245 Å². The molecule has 3 saturated heterocycles. The number of fused-ring (bicyclic) bond motifs is 4. The molecule has 4 aromatic rings. The smallest absolute Gasteiger partial charge is 0.472 e. The van der Waals surface area contributed by atoms with E-state index in [-0.39, 0.29) is 22.6 Å². The van der Waals surface area contributed by atoms with Crippen LogP contribution < -0.4 is 16.4 Å². The average molecular weight is 656 g/mol. The van der Waals surface area contributed by atoms with Crippen molar-refractivity contribution in [2.24, 2.45) is 0 Å². The first-order valence-corrected chi connectivity index (χ1v) is 15.8. The second-order valence-corrected chi connectivity index (χ2v) is 12.8. The lowest BCUT2D eigenvalue weighted by Gasteiger charge is -2.32. The van der Waals surface area contributed by atoms with Crippen LogP contribution in [0.2, 0.25) is 0 Å². The number of pyridine rings is 1. The summed E-state index contributed by atoms with van der Waals surface area (Å²) in [6.07, 6.45) is -7.23. The summed E-state index contributed by atoms with van der Waals surface area (Å²) in [6, 6.07) is 1.51. The van der Waals surface area contributed by atoms with Gasteiger partial charge in [0.2, 0.25) is 0 Å². The molecule has 0 aliphatic carbocycles. The van der Waals surface area contributed by atoms with E-state index in [4.69, 9.17) is 39.0 Å². The third-order valence-corrected chi connectivity index (χ3v) is 9.30. The SMILES string of the molecule is Nc1ccnc2c1ncn2[C@@H]1O[C@@H]2COP(=O)(O)O[C@H]3[C@@H](O)[C@H](n4cnc5c(N)ncnc54)O[C@@H]3COP(=O)([O-])O[C@H]2[C@H]1O. The summed E-state index contributed by atoms with van der Waals surface area (Å²) in [5.74, 6) is 0.0452. The third-order valence-electron chi connectivity index (χ3n) is 7.35. The van der Waals surface area contributed by atoms with Crippen LogP contribution in [0.15, 0.2) is 31.2 Å². The number of ether oxygens (including phenoxy) is 2. The van der Waals surface area contributed by atoms with Crippen molar-refractivity contribution in [3.8, 4) is 0 Å². The van der Waals surface area contributed by atoms with Crippen LogP contribution >= 0.6 is 15.6 Å². The summed E-state index contributed by atoms with van der Waals surface area (Å²) < 4.78 is 60.8. The van der Waals surface area contributed by atoms with E-state index in [1.54, 1.807) is 0 Å². The number of hydrogen-bond donors (Lipinski definition) is 5. The molecule has 0 radical (unpaired) electrons. The first-order valence-electron chi connectivity index (χ1n) is 12.9. The van der Waals surface area contributed by atoms with Crippen molar-refractivity contribution in [1.29, 1.82) is 0 Å². The monoisotopic (exact) mass is 656 g/mol. The van der Waals surface area contributed by atoms with Crippen molar-refractivity contribution in [2.75, 3.05) is 24.7 Å². The zero-order chi connectivity index (χ0) is 31.0. The van der Waals surface area contributed by atoms with Gasteiger partial charge >= 0.3 is 7.82 Å². The molecular formula is C21H24N9O12P2-. The number of nitrogens with zero attached hydrogens (tertiary/aromatic N) is 7. The number of nitrogen functional groups attached to an aromatic ring is 2. The van der Waals surface area contributed by atoms with E-state index in [9.17, 15) is 29.1 Å². The molecule has 0 bridgehead atoms. The molecule has 3 fully saturated rings. The lowest BCUT2D eigenvalue weighted by atomic mass is 10.1. The van der Waals surface area contributed by atoms with Gasteiger partial charge in [-0.05, 0) is 6.07 Å². The summed E-state index contributed by atoms with van der Waals surface area (Å²) in [7, 11) is -10.3. The minimum Gasteiger partial charge on any atom is -0.756 e. The van der Waals surface area contributed by atoms with Crippen LogP contribution in [0.4, 0.5) is 11.5 Å². The second-order valence-electron chi connectivity index (χ2n) is 10.1. The first-order chi connectivity index (χ1) is 20.9. The van der Waals surface area contributed by atoms with Crippen molar-refractivity contribution < 1.29 is 56.7 Å². The molecule has 0 aromatic carbocycles. The van der Waals surface area contributed by atoms with Gasteiger partial charge in [0.05, 0.1) is 31.6 Å². The molecule has 21 nitrogen and oxygen atoms in total. The average Bonchev–Trinajstić information content (AvgIpc) is 3.73. The van der Waals surface area contributed by atoms with Gasteiger partial charge < -0.3 is 50.0 Å². The molecular weight excluding hydrogens is 632 g/mol. The van der Waals surface area contributed by atoms with E-state index in [0.29, 0.717) is 11.2 Å². The standard InChI is InChI=1S/C21H25N9O12P2/c22-8-1-2-24-18-11(8)27-6-29(18)20-13(31)15-9(39-20)3-37-44(35,36)42-16-10(4-38-43(33,34)41-15)40-21(14(16)32)30-7-28-12-17(23)25-5-26-19(12)30/h1-2,5-7,9-10,13-16,20-21,31-32H,3-4H2,(H2,22,24)(H,33,34)(H,35,36)(H2,23,25,26)/p-1/t9-,10-,13-,14-,15-,16-,20-,21-/m1/s1. The van der Waals surface area contributed by atoms with Crippen LogP contribution in [0.1, 0.15) is 12.5 Å². The summed E-state index contributed by atoms with van der Waals surface area (Å²) in [5, 5.41) is 22.2. The number of imidazole rings is 2. The van der Waals surface area contributed by atoms with Crippen molar-refractivity contribution in [1.82, 2.24) is 34.1 Å². The number of aromatic nitrogens is 7. The molecule has 10 atom stereocenters. The molecule has 23 heteroatoms. The first kappa shape index (κ1) is 29.5. The number of aliphatic hydroxyl groups excluding tert-OH is 2. The van der Waals surface area contributed by atoms with E-state index in [0.717, 1.165) is 6.33 Å². The van der Waals surface area contributed by atoms with Crippen LogP contribution in [0.25, 0.3) is 22.3 Å². The van der Waals surface area contributed by atoms with Crippen LogP contribution in [0.3, 0.4) is 0 Å². The highest BCUT2D eigenvalue weighted by atomic mass is 31.2. The van der Waals surface area contributed by atoms with Crippen molar-refractivity contribution in [3.05, 3.63) is 31.2 Å². The minimum atomic E-state index is -5.24. The molecule has 7 rings (SSSR count). The summed E-state index contributed by atoms with van der Waals surface area (Å²) in [4.78, 5) is 43.9. The van der Waals surface area contributed by atoms with Crippen LogP contribution in [-0.4, -0.2) is 99.0 Å². The number of hydrogen-bond acceptors (Lipinski definition) is 18. The molecule has 3 aliphatic heterocycles. The van der Waals surface area contributed by atoms with E-state index in [1.165, 1.54) is 34.1 Å². The maximum Gasteiger partial charge on any atom is 0.472 e. The highest BCUT2D eigenvalue weighted by Crippen LogP contribution is 2.52. The number of aliphatic hydroxyl groups is 2. The topological polar surface area (TPSA) is 300 Å². The van der Waals surface area contributed by atoms with Gasteiger partial charge in [-0.15, -0.1) is 0 Å². The maximum absolute atomic E-state index is 13.1. The minimum absolute atomic E-state index is 0.0452.